The van der Waals surface area contributed by atoms with Gasteiger partial charge in [0.2, 0.25) is 0 Å². The molecule has 0 spiro atoms. The van der Waals surface area contributed by atoms with Gasteiger partial charge >= 0.3 is 5.97 Å². The third-order valence-corrected chi connectivity index (χ3v) is 2.71. The third kappa shape index (κ3) is 2.14. The summed E-state index contributed by atoms with van der Waals surface area (Å²) >= 11 is 0. The van der Waals surface area contributed by atoms with Crippen LogP contribution in [0.15, 0.2) is 18.5 Å². The van der Waals surface area contributed by atoms with Crippen LogP contribution in [0.2, 0.25) is 0 Å². The number of carboxylic acids is 1. The number of carbonyl (C=O) groups is 1. The fourth-order valence-corrected chi connectivity index (χ4v) is 1.77. The maximum Gasteiger partial charge on any atom is 0.337 e. The highest BCUT2D eigenvalue weighted by Gasteiger charge is 2.30. The van der Waals surface area contributed by atoms with Gasteiger partial charge in [0, 0.05) is 12.8 Å². The Hall–Kier alpha value is -1.62. The zero-order chi connectivity index (χ0) is 11.6. The number of ether oxygens (including phenoxy) is 1. The first-order valence-electron chi connectivity index (χ1n) is 5.14. The molecule has 1 atom stereocenters. The number of aromatic carboxylic acids is 1. The van der Waals surface area contributed by atoms with E-state index in [9.17, 15) is 4.79 Å². The number of anilines is 1. The normalized spacial score (nSPS) is 24.3. The monoisotopic (exact) mass is 222 g/mol. The van der Waals surface area contributed by atoms with Gasteiger partial charge in [0.15, 0.2) is 0 Å². The zero-order valence-corrected chi connectivity index (χ0v) is 9.06. The molecule has 2 N–H and O–H groups in total. The number of pyridine rings is 1. The molecule has 0 saturated carbocycles. The van der Waals surface area contributed by atoms with Crippen molar-refractivity contribution in [3.8, 4) is 0 Å². The van der Waals surface area contributed by atoms with E-state index < -0.39 is 5.97 Å². The molecule has 2 rings (SSSR count). The molecule has 0 aromatic carbocycles. The van der Waals surface area contributed by atoms with Crippen LogP contribution in [-0.2, 0) is 4.74 Å². The molecule has 5 nitrogen and oxygen atoms in total. The van der Waals surface area contributed by atoms with Gasteiger partial charge in [-0.15, -0.1) is 0 Å². The van der Waals surface area contributed by atoms with Gasteiger partial charge in [0.05, 0.1) is 29.6 Å². The Morgan fingerprint density at radius 1 is 1.69 bits per heavy atom. The maximum absolute atomic E-state index is 11.0. The molecule has 1 aromatic heterocycles. The maximum atomic E-state index is 11.0. The van der Waals surface area contributed by atoms with Crippen molar-refractivity contribution in [1.82, 2.24) is 4.98 Å². The van der Waals surface area contributed by atoms with E-state index in [1.54, 1.807) is 0 Å². The molecule has 1 aliphatic heterocycles. The molecule has 1 saturated heterocycles. The van der Waals surface area contributed by atoms with Gasteiger partial charge in [0.25, 0.3) is 0 Å². The van der Waals surface area contributed by atoms with Crippen LogP contribution in [0, 0.1) is 0 Å². The van der Waals surface area contributed by atoms with Crippen LogP contribution in [-0.4, -0.2) is 34.8 Å². The molecule has 86 valence electrons. The summed E-state index contributed by atoms with van der Waals surface area (Å²) in [6.07, 6.45) is 3.87. The number of hydrogen-bond donors (Lipinski definition) is 2. The Morgan fingerprint density at radius 3 is 3.12 bits per heavy atom. The number of hydrogen-bond acceptors (Lipinski definition) is 4. The fourth-order valence-electron chi connectivity index (χ4n) is 1.77. The topological polar surface area (TPSA) is 71.5 Å². The van der Waals surface area contributed by atoms with Gasteiger partial charge in [-0.05, 0) is 19.4 Å². The average Bonchev–Trinajstić information content (AvgIpc) is 2.65. The van der Waals surface area contributed by atoms with E-state index >= 15 is 0 Å². The first-order valence-corrected chi connectivity index (χ1v) is 5.14. The van der Waals surface area contributed by atoms with E-state index in [1.165, 1.54) is 18.5 Å². The van der Waals surface area contributed by atoms with Crippen LogP contribution in [0.3, 0.4) is 0 Å². The smallest absolute Gasteiger partial charge is 0.337 e. The van der Waals surface area contributed by atoms with E-state index in [0.717, 1.165) is 6.42 Å². The summed E-state index contributed by atoms with van der Waals surface area (Å²) < 4.78 is 5.30. The first-order chi connectivity index (χ1) is 7.61. The second-order valence-electron chi connectivity index (χ2n) is 4.21. The van der Waals surface area contributed by atoms with E-state index in [1.807, 2.05) is 6.92 Å². The van der Waals surface area contributed by atoms with Gasteiger partial charge in [-0.3, -0.25) is 4.98 Å². The van der Waals surface area contributed by atoms with E-state index in [4.69, 9.17) is 9.84 Å². The molecule has 1 unspecified atom stereocenters. The fraction of sp³-hybridized carbons (Fsp3) is 0.455. The van der Waals surface area contributed by atoms with Gasteiger partial charge in [0.1, 0.15) is 0 Å². The van der Waals surface area contributed by atoms with E-state index in [0.29, 0.717) is 18.9 Å². The lowest BCUT2D eigenvalue weighted by molar-refractivity contribution is 0.0697. The standard InChI is InChI=1S/C11H14N2O3/c1-11(3-5-16-7-11)13-9-6-12-4-2-8(9)10(14)15/h2,4,6,13H,3,5,7H2,1H3,(H,14,15). The molecule has 16 heavy (non-hydrogen) atoms. The number of rotatable bonds is 3. The molecule has 0 amide bonds. The molecular formula is C11H14N2O3. The summed E-state index contributed by atoms with van der Waals surface area (Å²) in [7, 11) is 0. The van der Waals surface area contributed by atoms with E-state index in [-0.39, 0.29) is 11.1 Å². The lowest BCUT2D eigenvalue weighted by atomic mass is 10.0. The van der Waals surface area contributed by atoms with Crippen molar-refractivity contribution in [2.24, 2.45) is 0 Å². The van der Waals surface area contributed by atoms with Crippen LogP contribution in [0.5, 0.6) is 0 Å². The summed E-state index contributed by atoms with van der Waals surface area (Å²) in [5, 5.41) is 12.2. The molecule has 1 fully saturated rings. The van der Waals surface area contributed by atoms with Crippen LogP contribution in [0.4, 0.5) is 5.69 Å². The van der Waals surface area contributed by atoms with Crippen molar-refractivity contribution in [3.05, 3.63) is 24.0 Å². The molecule has 1 aromatic rings. The molecule has 1 aliphatic rings. The van der Waals surface area contributed by atoms with E-state index in [2.05, 4.69) is 10.3 Å². The average molecular weight is 222 g/mol. The first kappa shape index (κ1) is 10.9. The molecular weight excluding hydrogens is 208 g/mol. The Kier molecular flexibility index (Phi) is 2.78. The summed E-state index contributed by atoms with van der Waals surface area (Å²) in [4.78, 5) is 14.9. The van der Waals surface area contributed by atoms with Crippen molar-refractivity contribution in [2.75, 3.05) is 18.5 Å². The summed E-state index contributed by atoms with van der Waals surface area (Å²) in [6, 6.07) is 1.49. The predicted octanol–water partition coefficient (Wildman–Crippen LogP) is 1.37. The number of nitrogens with zero attached hydrogens (tertiary/aromatic N) is 1. The van der Waals surface area contributed by atoms with Crippen molar-refractivity contribution in [1.29, 1.82) is 0 Å². The lowest BCUT2D eigenvalue weighted by Gasteiger charge is -2.25. The lowest BCUT2D eigenvalue weighted by Crippen LogP contribution is -2.35. The summed E-state index contributed by atoms with van der Waals surface area (Å²) in [5.41, 5.74) is 0.582. The predicted molar refractivity (Wildman–Crippen MR) is 58.7 cm³/mol. The van der Waals surface area contributed by atoms with Crippen molar-refractivity contribution in [3.63, 3.8) is 0 Å². The summed E-state index contributed by atoms with van der Waals surface area (Å²) in [6.45, 7) is 3.30. The van der Waals surface area contributed by atoms with Gasteiger partial charge < -0.3 is 15.2 Å². The number of aromatic nitrogens is 1. The van der Waals surface area contributed by atoms with Crippen molar-refractivity contribution >= 4 is 11.7 Å². The highest BCUT2D eigenvalue weighted by atomic mass is 16.5. The minimum atomic E-state index is -0.951. The minimum Gasteiger partial charge on any atom is -0.478 e. The molecule has 0 bridgehead atoms. The minimum absolute atomic E-state index is 0.201. The molecule has 0 aliphatic carbocycles. The number of nitrogens with one attached hydrogen (secondary N) is 1. The Balaban J connectivity index is 2.23. The van der Waals surface area contributed by atoms with Crippen LogP contribution in [0.25, 0.3) is 0 Å². The molecule has 5 heteroatoms. The Morgan fingerprint density at radius 2 is 2.50 bits per heavy atom. The SMILES string of the molecule is CC1(Nc2cnccc2C(=O)O)CCOC1. The zero-order valence-electron chi connectivity index (χ0n) is 9.06. The van der Waals surface area contributed by atoms with Crippen molar-refractivity contribution in [2.45, 2.75) is 18.9 Å². The van der Waals surface area contributed by atoms with Gasteiger partial charge in [-0.1, -0.05) is 0 Å². The quantitative estimate of drug-likeness (QED) is 0.808. The Labute approximate surface area is 93.5 Å². The number of carboxylic acid groups (broad SMARTS) is 1. The second-order valence-corrected chi connectivity index (χ2v) is 4.21. The largest absolute Gasteiger partial charge is 0.478 e. The highest BCUT2D eigenvalue weighted by Crippen LogP contribution is 2.25. The molecule has 2 heterocycles. The van der Waals surface area contributed by atoms with Crippen LogP contribution in [0.1, 0.15) is 23.7 Å². The van der Waals surface area contributed by atoms with Gasteiger partial charge in [-0.25, -0.2) is 4.79 Å². The van der Waals surface area contributed by atoms with Gasteiger partial charge in [-0.2, -0.15) is 0 Å². The third-order valence-electron chi connectivity index (χ3n) is 2.71. The van der Waals surface area contributed by atoms with Crippen LogP contribution < -0.4 is 5.32 Å². The molecule has 0 radical (unpaired) electrons. The Bertz CT molecular complexity index is 400. The van der Waals surface area contributed by atoms with Crippen molar-refractivity contribution < 1.29 is 14.6 Å². The summed E-state index contributed by atoms with van der Waals surface area (Å²) in [5.74, 6) is -0.951. The second kappa shape index (κ2) is 4.09. The van der Waals surface area contributed by atoms with Crippen LogP contribution >= 0.6 is 0 Å². The highest BCUT2D eigenvalue weighted by molar-refractivity contribution is 5.93.